The molecule has 0 amide bonds. The normalized spacial score (nSPS) is 12.0. The quantitative estimate of drug-likeness (QED) is 0.366. The topological polar surface area (TPSA) is 98.4 Å². The van der Waals surface area contributed by atoms with Crippen molar-refractivity contribution in [3.8, 4) is 0 Å². The summed E-state index contributed by atoms with van der Waals surface area (Å²) in [4.78, 5) is 17.9. The number of nitrogens with two attached hydrogens (primary N) is 1. The molecule has 0 fully saturated rings. The zero-order valence-corrected chi connectivity index (χ0v) is 18.7. The minimum atomic E-state index is -3.98. The molecule has 4 aromatic rings. The molecule has 2 N–H and O–H groups in total. The number of halogens is 1. The van der Waals surface area contributed by atoms with E-state index in [0.717, 1.165) is 18.4 Å². The number of fused-ring (bicyclic) bond motifs is 2. The molecule has 0 spiro atoms. The second-order valence-electron chi connectivity index (χ2n) is 7.45. The van der Waals surface area contributed by atoms with Crippen LogP contribution in [0.1, 0.15) is 25.3 Å². The molecule has 0 saturated carbocycles. The standard InChI is InChI=1S/C22H21ClN4O3S/c1-3-4-11-26-20(24)18(31(29,30)16-8-6-15(23)7-9-16)12-17-21(26)25-19-10-5-14(2)13-27(19)22(17)28/h5-10,12-13,24H,3-4,11H2,1-2H3/p+1. The molecule has 4 rings (SSSR count). The average molecular weight is 458 g/mol. The largest absolute Gasteiger partial charge is 0.317 e. The van der Waals surface area contributed by atoms with Crippen LogP contribution in [0.2, 0.25) is 5.02 Å². The van der Waals surface area contributed by atoms with Gasteiger partial charge in [-0.25, -0.2) is 13.0 Å². The molecule has 31 heavy (non-hydrogen) atoms. The monoisotopic (exact) mass is 457 g/mol. The number of nitrogen functional groups attached to an aromatic ring is 1. The number of aryl methyl sites for hydroxylation is 2. The smallest absolute Gasteiger partial charge is 0.278 e. The van der Waals surface area contributed by atoms with Crippen molar-refractivity contribution in [3.05, 3.63) is 69.6 Å². The lowest BCUT2D eigenvalue weighted by atomic mass is 10.2. The maximum absolute atomic E-state index is 13.4. The maximum Gasteiger partial charge on any atom is 0.278 e. The molecule has 160 valence electrons. The summed E-state index contributed by atoms with van der Waals surface area (Å²) in [5.41, 5.74) is 7.76. The first-order chi connectivity index (χ1) is 14.7. The van der Waals surface area contributed by atoms with E-state index in [2.05, 4.69) is 4.98 Å². The Morgan fingerprint density at radius 2 is 1.87 bits per heavy atom. The molecule has 0 radical (unpaired) electrons. The van der Waals surface area contributed by atoms with Gasteiger partial charge >= 0.3 is 0 Å². The number of benzene rings is 1. The van der Waals surface area contributed by atoms with E-state index >= 15 is 0 Å². The van der Waals surface area contributed by atoms with Crippen molar-refractivity contribution in [2.45, 2.75) is 43.0 Å². The van der Waals surface area contributed by atoms with Gasteiger partial charge < -0.3 is 5.73 Å². The zero-order chi connectivity index (χ0) is 22.3. The minimum Gasteiger partial charge on any atom is -0.317 e. The van der Waals surface area contributed by atoms with E-state index in [-0.39, 0.29) is 26.6 Å². The molecule has 7 nitrogen and oxygen atoms in total. The van der Waals surface area contributed by atoms with Crippen LogP contribution in [0.3, 0.4) is 0 Å². The summed E-state index contributed by atoms with van der Waals surface area (Å²) in [6, 6.07) is 10.8. The number of nitrogens with zero attached hydrogens (tertiary/aromatic N) is 3. The summed E-state index contributed by atoms with van der Waals surface area (Å²) in [6.45, 7) is 4.34. The molecule has 0 unspecified atom stereocenters. The maximum atomic E-state index is 13.4. The van der Waals surface area contributed by atoms with Gasteiger partial charge in [0.1, 0.15) is 10.3 Å². The van der Waals surface area contributed by atoms with E-state index in [0.29, 0.717) is 22.9 Å². The van der Waals surface area contributed by atoms with Gasteiger partial charge in [0.05, 0.1) is 11.4 Å². The van der Waals surface area contributed by atoms with Crippen LogP contribution in [0, 0.1) is 6.92 Å². The highest BCUT2D eigenvalue weighted by Gasteiger charge is 2.29. The Hall–Kier alpha value is -2.97. The van der Waals surface area contributed by atoms with Crippen molar-refractivity contribution in [1.29, 1.82) is 0 Å². The molecular weight excluding hydrogens is 436 g/mol. The fourth-order valence-electron chi connectivity index (χ4n) is 3.53. The van der Waals surface area contributed by atoms with Gasteiger partial charge in [0.2, 0.25) is 21.3 Å². The lowest BCUT2D eigenvalue weighted by Crippen LogP contribution is -2.41. The SMILES string of the molecule is CCCC[n+]1c(N)c(S(=O)(=O)c2ccc(Cl)cc2)cc2c(=O)n3cc(C)ccc3nc21. The fraction of sp³-hybridized carbons (Fsp3) is 0.227. The summed E-state index contributed by atoms with van der Waals surface area (Å²) in [5, 5.41) is 0.619. The Morgan fingerprint density at radius 1 is 1.16 bits per heavy atom. The molecule has 0 saturated heterocycles. The third-order valence-electron chi connectivity index (χ3n) is 5.21. The van der Waals surface area contributed by atoms with Crippen LogP contribution in [-0.4, -0.2) is 17.8 Å². The summed E-state index contributed by atoms with van der Waals surface area (Å²) in [5.74, 6) is 0.0549. The van der Waals surface area contributed by atoms with E-state index in [1.807, 2.05) is 19.9 Å². The van der Waals surface area contributed by atoms with Crippen molar-refractivity contribution in [1.82, 2.24) is 9.38 Å². The number of hydrogen-bond acceptors (Lipinski definition) is 5. The van der Waals surface area contributed by atoms with Crippen molar-refractivity contribution in [3.63, 3.8) is 0 Å². The van der Waals surface area contributed by atoms with E-state index in [9.17, 15) is 13.2 Å². The summed E-state index contributed by atoms with van der Waals surface area (Å²) < 4.78 is 29.9. The van der Waals surface area contributed by atoms with Gasteiger partial charge in [-0.05, 0) is 55.3 Å². The van der Waals surface area contributed by atoms with Crippen LogP contribution < -0.4 is 15.9 Å². The van der Waals surface area contributed by atoms with Gasteiger partial charge in [-0.15, -0.1) is 0 Å². The summed E-state index contributed by atoms with van der Waals surface area (Å²) in [7, 11) is -3.98. The average Bonchev–Trinajstić information content (AvgIpc) is 2.74. The molecule has 0 aliphatic carbocycles. The van der Waals surface area contributed by atoms with Crippen molar-refractivity contribution < 1.29 is 13.0 Å². The van der Waals surface area contributed by atoms with Gasteiger partial charge in [-0.1, -0.05) is 36.0 Å². The third kappa shape index (κ3) is 3.66. The second-order valence-corrected chi connectivity index (χ2v) is 9.80. The Labute approximate surface area is 184 Å². The molecule has 0 atom stereocenters. The van der Waals surface area contributed by atoms with E-state index in [1.54, 1.807) is 16.8 Å². The fourth-order valence-corrected chi connectivity index (χ4v) is 5.06. The molecule has 0 bridgehead atoms. The minimum absolute atomic E-state index is 0.0506. The first kappa shape index (κ1) is 21.3. The van der Waals surface area contributed by atoms with Crippen molar-refractivity contribution in [2.24, 2.45) is 0 Å². The van der Waals surface area contributed by atoms with Gasteiger partial charge in [-0.2, -0.15) is 0 Å². The summed E-state index contributed by atoms with van der Waals surface area (Å²) >= 11 is 5.91. The van der Waals surface area contributed by atoms with Crippen LogP contribution >= 0.6 is 11.6 Å². The Kier molecular flexibility index (Phi) is 5.45. The van der Waals surface area contributed by atoms with Crippen molar-refractivity contribution >= 4 is 43.9 Å². The van der Waals surface area contributed by atoms with Crippen molar-refractivity contribution in [2.75, 3.05) is 5.73 Å². The van der Waals surface area contributed by atoms with Crippen LogP contribution in [0.5, 0.6) is 0 Å². The number of sulfone groups is 1. The number of anilines is 1. The van der Waals surface area contributed by atoms with Gasteiger partial charge in [-0.3, -0.25) is 9.20 Å². The Balaban J connectivity index is 2.10. The Bertz CT molecular complexity index is 1480. The zero-order valence-electron chi connectivity index (χ0n) is 17.2. The second kappa shape index (κ2) is 7.94. The van der Waals surface area contributed by atoms with Crippen LogP contribution in [0.15, 0.2) is 63.2 Å². The van der Waals surface area contributed by atoms with E-state index < -0.39 is 9.84 Å². The molecule has 0 aliphatic heterocycles. The van der Waals surface area contributed by atoms with Crippen LogP contribution in [-0.2, 0) is 16.4 Å². The number of unbranched alkanes of at least 4 members (excludes halogenated alkanes) is 1. The third-order valence-corrected chi connectivity index (χ3v) is 7.26. The molecule has 3 heterocycles. The van der Waals surface area contributed by atoms with E-state index in [4.69, 9.17) is 17.3 Å². The number of rotatable bonds is 5. The van der Waals surface area contributed by atoms with Crippen LogP contribution in [0.25, 0.3) is 16.7 Å². The molecule has 1 aromatic carbocycles. The number of aromatic nitrogens is 3. The first-order valence-corrected chi connectivity index (χ1v) is 11.8. The van der Waals surface area contributed by atoms with Gasteiger partial charge in [0, 0.05) is 11.2 Å². The highest BCUT2D eigenvalue weighted by molar-refractivity contribution is 7.91. The van der Waals surface area contributed by atoms with Gasteiger partial charge in [0.15, 0.2) is 0 Å². The highest BCUT2D eigenvalue weighted by atomic mass is 35.5. The molecule has 0 aliphatic rings. The highest BCUT2D eigenvalue weighted by Crippen LogP contribution is 2.27. The molecule has 9 heteroatoms. The lowest BCUT2D eigenvalue weighted by Gasteiger charge is -2.13. The molecular formula is C22H22ClN4O3S+. The predicted molar refractivity (Wildman–Crippen MR) is 120 cm³/mol. The number of pyridine rings is 2. The molecule has 3 aromatic heterocycles. The Morgan fingerprint density at radius 3 is 2.55 bits per heavy atom. The predicted octanol–water partition coefficient (Wildman–Crippen LogP) is 3.31. The van der Waals surface area contributed by atoms with E-state index in [1.165, 1.54) is 34.7 Å². The van der Waals surface area contributed by atoms with Gasteiger partial charge in [0.25, 0.3) is 11.2 Å². The van der Waals surface area contributed by atoms with Crippen LogP contribution in [0.4, 0.5) is 5.82 Å². The number of hydrogen-bond donors (Lipinski definition) is 1. The first-order valence-electron chi connectivity index (χ1n) is 9.89. The summed E-state index contributed by atoms with van der Waals surface area (Å²) in [6.07, 6.45) is 3.31. The lowest BCUT2D eigenvalue weighted by molar-refractivity contribution is -0.660.